The second-order valence-electron chi connectivity index (χ2n) is 6.05. The summed E-state index contributed by atoms with van der Waals surface area (Å²) in [7, 11) is -1.27. The summed E-state index contributed by atoms with van der Waals surface area (Å²) in [5, 5.41) is 7.21. The molecule has 2 aliphatic heterocycles. The van der Waals surface area contributed by atoms with Crippen molar-refractivity contribution in [2.75, 3.05) is 33.2 Å². The monoisotopic (exact) mass is 337 g/mol. The lowest BCUT2D eigenvalue weighted by Gasteiger charge is -2.13. The molecule has 0 atom stereocenters. The number of fused-ring (bicyclic) bond motifs is 1. The predicted octanol–water partition coefficient (Wildman–Crippen LogP) is 1.45. The molecule has 0 saturated carbocycles. The maximum absolute atomic E-state index is 12.3. The summed E-state index contributed by atoms with van der Waals surface area (Å²) in [6.45, 7) is 3.81. The fourth-order valence-electron chi connectivity index (χ4n) is 2.96. The zero-order chi connectivity index (χ0) is 16.3. The van der Waals surface area contributed by atoms with Gasteiger partial charge in [-0.15, -0.1) is 0 Å². The fourth-order valence-corrected chi connectivity index (χ4v) is 4.55. The van der Waals surface area contributed by atoms with E-state index in [1.165, 1.54) is 30.2 Å². The third-order valence-corrected chi connectivity index (χ3v) is 6.16. The molecule has 2 aliphatic rings. The summed E-state index contributed by atoms with van der Waals surface area (Å²) in [6.07, 6.45) is 6.26. The molecular formula is C15H23N5O2S. The zero-order valence-electron chi connectivity index (χ0n) is 13.4. The highest BCUT2D eigenvalue weighted by molar-refractivity contribution is 7.89. The van der Waals surface area contributed by atoms with Crippen molar-refractivity contribution in [3.63, 3.8) is 0 Å². The molecule has 1 N–H and O–H groups in total. The van der Waals surface area contributed by atoms with E-state index in [0.29, 0.717) is 24.1 Å². The first kappa shape index (κ1) is 16.4. The molecule has 23 heavy (non-hydrogen) atoms. The van der Waals surface area contributed by atoms with E-state index < -0.39 is 10.0 Å². The molecule has 2 fully saturated rings. The van der Waals surface area contributed by atoms with E-state index in [4.69, 9.17) is 0 Å². The van der Waals surface area contributed by atoms with Crippen molar-refractivity contribution in [2.45, 2.75) is 30.7 Å². The maximum atomic E-state index is 12.3. The molecule has 4 rings (SSSR count). The van der Waals surface area contributed by atoms with Gasteiger partial charge in [0.15, 0.2) is 10.7 Å². The first-order chi connectivity index (χ1) is 11.1. The van der Waals surface area contributed by atoms with Crippen molar-refractivity contribution in [1.82, 2.24) is 24.4 Å². The van der Waals surface area contributed by atoms with Crippen molar-refractivity contribution >= 4 is 21.1 Å². The lowest BCUT2D eigenvalue weighted by Crippen LogP contribution is -2.28. The Bertz CT molecular complexity index is 746. The highest BCUT2D eigenvalue weighted by Gasteiger charge is 2.30. The Morgan fingerprint density at radius 1 is 1.09 bits per heavy atom. The first-order valence-corrected chi connectivity index (χ1v) is 9.51. The highest BCUT2D eigenvalue weighted by atomic mass is 32.2. The van der Waals surface area contributed by atoms with E-state index in [2.05, 4.69) is 27.1 Å². The first-order valence-electron chi connectivity index (χ1n) is 8.07. The molecule has 7 nitrogen and oxygen atoms in total. The van der Waals surface area contributed by atoms with Gasteiger partial charge in [0.2, 0.25) is 0 Å². The number of sulfonamides is 1. The molecular weight excluding hydrogens is 314 g/mol. The van der Waals surface area contributed by atoms with Gasteiger partial charge in [-0.05, 0) is 58.0 Å². The Morgan fingerprint density at radius 3 is 2.35 bits per heavy atom. The van der Waals surface area contributed by atoms with Crippen LogP contribution in [0.25, 0.3) is 11.0 Å². The minimum atomic E-state index is -3.45. The van der Waals surface area contributed by atoms with E-state index in [9.17, 15) is 8.42 Å². The topological polar surface area (TPSA) is 82.2 Å². The van der Waals surface area contributed by atoms with Crippen LogP contribution in [0.1, 0.15) is 25.7 Å². The number of hydrogen-bond acceptors (Lipinski definition) is 5. The minimum Gasteiger partial charge on any atom is -0.306 e. The summed E-state index contributed by atoms with van der Waals surface area (Å²) in [6, 6.07) is 3.43. The van der Waals surface area contributed by atoms with Crippen LogP contribution in [0, 0.1) is 0 Å². The Balaban J connectivity index is 0.000000220. The van der Waals surface area contributed by atoms with Crippen LogP contribution >= 0.6 is 0 Å². The molecule has 126 valence electrons. The average Bonchev–Trinajstić information content (AvgIpc) is 3.29. The van der Waals surface area contributed by atoms with Gasteiger partial charge in [-0.25, -0.2) is 13.4 Å². The van der Waals surface area contributed by atoms with Crippen LogP contribution in [0.2, 0.25) is 0 Å². The zero-order valence-corrected chi connectivity index (χ0v) is 14.2. The summed E-state index contributed by atoms with van der Waals surface area (Å²) >= 11 is 0. The van der Waals surface area contributed by atoms with Gasteiger partial charge in [0.1, 0.15) is 0 Å². The Labute approximate surface area is 136 Å². The summed E-state index contributed by atoms with van der Waals surface area (Å²) in [5.74, 6) is 0. The molecule has 0 spiro atoms. The number of aromatic nitrogens is 3. The molecule has 4 heterocycles. The molecule has 8 heteroatoms. The number of H-pyrrole nitrogens is 1. The van der Waals surface area contributed by atoms with Crippen molar-refractivity contribution < 1.29 is 8.42 Å². The van der Waals surface area contributed by atoms with Gasteiger partial charge in [-0.2, -0.15) is 9.40 Å². The predicted molar refractivity (Wildman–Crippen MR) is 88.6 cm³/mol. The standard InChI is InChI=1S/C10H12N4O2S.C5H11N/c15-17(16,14-6-1-2-7-14)10-8-4-3-5-11-9(8)12-13-10;1-6-4-2-3-5-6/h3-5H,1-2,6-7H2,(H,11,12,13);2-5H2,1H3. The number of aromatic amines is 1. The molecule has 2 saturated heterocycles. The minimum absolute atomic E-state index is 0.155. The number of pyridine rings is 1. The molecule has 2 aromatic rings. The average molecular weight is 337 g/mol. The molecule has 0 radical (unpaired) electrons. The molecule has 2 aromatic heterocycles. The van der Waals surface area contributed by atoms with Crippen LogP contribution in [0.5, 0.6) is 0 Å². The highest BCUT2D eigenvalue weighted by Crippen LogP contribution is 2.24. The van der Waals surface area contributed by atoms with Crippen molar-refractivity contribution in [3.05, 3.63) is 18.3 Å². The van der Waals surface area contributed by atoms with Crippen LogP contribution in [-0.4, -0.2) is 66.0 Å². The Hall–Kier alpha value is -1.51. The van der Waals surface area contributed by atoms with Crippen LogP contribution in [0.15, 0.2) is 23.4 Å². The number of nitrogens with zero attached hydrogens (tertiary/aromatic N) is 4. The number of likely N-dealkylation sites (tertiary alicyclic amines) is 1. The third kappa shape index (κ3) is 3.54. The lowest BCUT2D eigenvalue weighted by molar-refractivity contribution is 0.418. The Morgan fingerprint density at radius 2 is 1.74 bits per heavy atom. The van der Waals surface area contributed by atoms with Crippen molar-refractivity contribution in [1.29, 1.82) is 0 Å². The molecule has 0 bridgehead atoms. The molecule has 0 amide bonds. The number of nitrogens with one attached hydrogen (secondary N) is 1. The van der Waals surface area contributed by atoms with Crippen LogP contribution in [0.4, 0.5) is 0 Å². The van der Waals surface area contributed by atoms with Gasteiger partial charge in [-0.3, -0.25) is 5.10 Å². The van der Waals surface area contributed by atoms with Crippen molar-refractivity contribution in [2.24, 2.45) is 0 Å². The van der Waals surface area contributed by atoms with Crippen molar-refractivity contribution in [3.8, 4) is 0 Å². The smallest absolute Gasteiger partial charge is 0.260 e. The normalized spacial score (nSPS) is 19.9. The van der Waals surface area contributed by atoms with E-state index in [0.717, 1.165) is 12.8 Å². The van der Waals surface area contributed by atoms with Crippen LogP contribution in [0.3, 0.4) is 0 Å². The van der Waals surface area contributed by atoms with Crippen LogP contribution < -0.4 is 0 Å². The molecule has 0 aromatic carbocycles. The van der Waals surface area contributed by atoms with E-state index >= 15 is 0 Å². The second-order valence-corrected chi connectivity index (χ2v) is 7.92. The van der Waals surface area contributed by atoms with E-state index in [1.807, 2.05) is 0 Å². The van der Waals surface area contributed by atoms with Crippen LogP contribution in [-0.2, 0) is 10.0 Å². The largest absolute Gasteiger partial charge is 0.306 e. The van der Waals surface area contributed by atoms with Gasteiger partial charge in [0.05, 0.1) is 5.39 Å². The van der Waals surface area contributed by atoms with Gasteiger partial charge in [0, 0.05) is 19.3 Å². The van der Waals surface area contributed by atoms with E-state index in [-0.39, 0.29) is 5.03 Å². The molecule has 0 aliphatic carbocycles. The van der Waals surface area contributed by atoms with Gasteiger partial charge < -0.3 is 4.90 Å². The summed E-state index contributed by atoms with van der Waals surface area (Å²) < 4.78 is 26.2. The Kier molecular flexibility index (Phi) is 4.93. The van der Waals surface area contributed by atoms with Gasteiger partial charge in [0.25, 0.3) is 10.0 Å². The van der Waals surface area contributed by atoms with E-state index in [1.54, 1.807) is 18.3 Å². The lowest BCUT2D eigenvalue weighted by atomic mass is 10.4. The summed E-state index contributed by atoms with van der Waals surface area (Å²) in [4.78, 5) is 6.38. The number of rotatable bonds is 2. The third-order valence-electron chi connectivity index (χ3n) is 4.29. The second kappa shape index (κ2) is 6.94. The quantitative estimate of drug-likeness (QED) is 0.897. The summed E-state index contributed by atoms with van der Waals surface area (Å²) in [5.41, 5.74) is 0.435. The SMILES string of the molecule is CN1CCCC1.O=S(=O)(c1[nH]nc2ncccc12)N1CCCC1. The maximum Gasteiger partial charge on any atom is 0.260 e. The van der Waals surface area contributed by atoms with Gasteiger partial charge in [-0.1, -0.05) is 0 Å². The molecule has 0 unspecified atom stereocenters. The fraction of sp³-hybridized carbons (Fsp3) is 0.600. The van der Waals surface area contributed by atoms with Gasteiger partial charge >= 0.3 is 0 Å². The number of hydrogen-bond donors (Lipinski definition) is 1.